The third kappa shape index (κ3) is 4.63. The highest BCUT2D eigenvalue weighted by molar-refractivity contribution is 5.83. The monoisotopic (exact) mass is 444 g/mol. The topological polar surface area (TPSA) is 49.4 Å². The molecule has 0 spiro atoms. The van der Waals surface area contributed by atoms with E-state index in [0.29, 0.717) is 19.3 Å². The van der Waals surface area contributed by atoms with Gasteiger partial charge in [-0.2, -0.15) is 0 Å². The minimum atomic E-state index is -0.389. The number of benzene rings is 3. The number of likely N-dealkylation sites (tertiary alicyclic amines) is 1. The first kappa shape index (κ1) is 21.6. The number of carbonyl (C=O) groups excluding carboxylic acids is 2. The van der Waals surface area contributed by atoms with E-state index < -0.39 is 0 Å². The highest BCUT2D eigenvalue weighted by atomic mass is 19.1. The van der Waals surface area contributed by atoms with Crippen LogP contribution in [0.5, 0.6) is 0 Å². The van der Waals surface area contributed by atoms with Gasteiger partial charge in [-0.1, -0.05) is 54.6 Å². The number of halogens is 1. The second-order valence-corrected chi connectivity index (χ2v) is 9.48. The van der Waals surface area contributed by atoms with E-state index in [1.807, 2.05) is 17.0 Å². The Morgan fingerprint density at radius 1 is 1.06 bits per heavy atom. The molecule has 170 valence electrons. The molecule has 2 amide bonds. The number of rotatable bonds is 6. The van der Waals surface area contributed by atoms with Crippen LogP contribution in [0.4, 0.5) is 4.39 Å². The molecular formula is C28H29FN2O2. The van der Waals surface area contributed by atoms with E-state index in [4.69, 9.17) is 0 Å². The first-order chi connectivity index (χ1) is 16.0. The third-order valence-corrected chi connectivity index (χ3v) is 7.24. The van der Waals surface area contributed by atoms with E-state index in [9.17, 15) is 14.0 Å². The molecule has 0 radical (unpaired) electrons. The molecule has 2 unspecified atom stereocenters. The van der Waals surface area contributed by atoms with Crippen LogP contribution in [-0.2, 0) is 16.0 Å². The van der Waals surface area contributed by atoms with Gasteiger partial charge >= 0.3 is 0 Å². The van der Waals surface area contributed by atoms with E-state index >= 15 is 0 Å². The number of hydrogen-bond donors (Lipinski definition) is 1. The summed E-state index contributed by atoms with van der Waals surface area (Å²) in [5, 5.41) is 5.59. The standard InChI is InChI=1S/C28H29FN2O2/c29-24-11-9-22(10-12-24)25-6-3-17-31(25)27(33)14-16-28(15-13-26(32)30-28)19-20-7-8-21-4-1-2-5-23(21)18-20/h1-2,4-5,7-12,18,25H,3,6,13-17,19H2,(H,30,32). The number of nitrogens with one attached hydrogen (secondary N) is 1. The average Bonchev–Trinajstić information content (AvgIpc) is 3.45. The van der Waals surface area contributed by atoms with E-state index in [0.717, 1.165) is 37.8 Å². The Morgan fingerprint density at radius 2 is 1.85 bits per heavy atom. The summed E-state index contributed by atoms with van der Waals surface area (Å²) in [6.07, 6.45) is 4.83. The largest absolute Gasteiger partial charge is 0.350 e. The number of hydrogen-bond acceptors (Lipinski definition) is 2. The van der Waals surface area contributed by atoms with E-state index in [1.165, 1.54) is 28.5 Å². The number of nitrogens with zero attached hydrogens (tertiary/aromatic N) is 1. The fourth-order valence-electron chi connectivity index (χ4n) is 5.51. The Balaban J connectivity index is 1.30. The zero-order valence-electron chi connectivity index (χ0n) is 18.7. The van der Waals surface area contributed by atoms with Crippen LogP contribution in [-0.4, -0.2) is 28.8 Å². The van der Waals surface area contributed by atoms with Crippen LogP contribution in [0.3, 0.4) is 0 Å². The predicted octanol–water partition coefficient (Wildman–Crippen LogP) is 5.31. The first-order valence-electron chi connectivity index (χ1n) is 11.9. The summed E-state index contributed by atoms with van der Waals surface area (Å²) in [6, 6.07) is 21.2. The van der Waals surface area contributed by atoms with Gasteiger partial charge in [0.15, 0.2) is 0 Å². The van der Waals surface area contributed by atoms with Gasteiger partial charge < -0.3 is 10.2 Å². The van der Waals surface area contributed by atoms with Crippen LogP contribution < -0.4 is 5.32 Å². The third-order valence-electron chi connectivity index (χ3n) is 7.24. The highest BCUT2D eigenvalue weighted by Gasteiger charge is 2.39. The van der Waals surface area contributed by atoms with Crippen LogP contribution in [0.15, 0.2) is 66.7 Å². The minimum absolute atomic E-state index is 0.00714. The van der Waals surface area contributed by atoms with Gasteiger partial charge in [-0.15, -0.1) is 0 Å². The van der Waals surface area contributed by atoms with Gasteiger partial charge in [0, 0.05) is 24.9 Å². The van der Waals surface area contributed by atoms with Crippen LogP contribution in [0, 0.1) is 5.82 Å². The SMILES string of the molecule is O=C1CCC(CCC(=O)N2CCCC2c2ccc(F)cc2)(Cc2ccc3ccccc3c2)N1. The molecule has 2 aliphatic rings. The Bertz CT molecular complexity index is 1180. The molecule has 3 aromatic rings. The summed E-state index contributed by atoms with van der Waals surface area (Å²) in [6.45, 7) is 0.727. The number of carbonyl (C=O) groups is 2. The highest BCUT2D eigenvalue weighted by Crippen LogP contribution is 2.35. The lowest BCUT2D eigenvalue weighted by atomic mass is 9.84. The van der Waals surface area contributed by atoms with Crippen LogP contribution in [0.2, 0.25) is 0 Å². The Hall–Kier alpha value is -3.21. The van der Waals surface area contributed by atoms with Crippen molar-refractivity contribution >= 4 is 22.6 Å². The van der Waals surface area contributed by atoms with Crippen LogP contribution in [0.25, 0.3) is 10.8 Å². The Morgan fingerprint density at radius 3 is 2.61 bits per heavy atom. The summed E-state index contributed by atoms with van der Waals surface area (Å²) in [7, 11) is 0. The summed E-state index contributed by atoms with van der Waals surface area (Å²) in [5.74, 6) is -0.0864. The fraction of sp³-hybridized carbons (Fsp3) is 0.357. The molecule has 2 saturated heterocycles. The van der Waals surface area contributed by atoms with Crippen molar-refractivity contribution in [3.8, 4) is 0 Å². The zero-order valence-corrected chi connectivity index (χ0v) is 18.7. The van der Waals surface area contributed by atoms with Crippen molar-refractivity contribution in [2.45, 2.75) is 56.5 Å². The van der Waals surface area contributed by atoms with Gasteiger partial charge in [-0.05, 0) is 66.1 Å². The maximum Gasteiger partial charge on any atom is 0.223 e. The predicted molar refractivity (Wildman–Crippen MR) is 127 cm³/mol. The summed E-state index contributed by atoms with van der Waals surface area (Å²) in [5.41, 5.74) is 1.77. The van der Waals surface area contributed by atoms with Crippen molar-refractivity contribution in [3.63, 3.8) is 0 Å². The molecule has 2 aliphatic heterocycles. The number of fused-ring (bicyclic) bond motifs is 1. The molecule has 5 heteroatoms. The minimum Gasteiger partial charge on any atom is -0.350 e. The van der Waals surface area contributed by atoms with E-state index in [-0.39, 0.29) is 29.2 Å². The zero-order chi connectivity index (χ0) is 22.8. The molecule has 33 heavy (non-hydrogen) atoms. The van der Waals surface area contributed by atoms with Crippen molar-refractivity contribution in [1.82, 2.24) is 10.2 Å². The maximum absolute atomic E-state index is 13.3. The smallest absolute Gasteiger partial charge is 0.223 e. The van der Waals surface area contributed by atoms with Gasteiger partial charge in [-0.25, -0.2) is 4.39 Å². The van der Waals surface area contributed by atoms with Gasteiger partial charge in [0.25, 0.3) is 0 Å². The normalized spacial score (nSPS) is 22.6. The molecule has 0 bridgehead atoms. The van der Waals surface area contributed by atoms with Gasteiger partial charge in [0.1, 0.15) is 5.82 Å². The molecule has 1 N–H and O–H groups in total. The molecule has 0 saturated carbocycles. The lowest BCUT2D eigenvalue weighted by Gasteiger charge is -2.31. The Kier molecular flexibility index (Phi) is 5.88. The van der Waals surface area contributed by atoms with Crippen molar-refractivity contribution in [2.24, 2.45) is 0 Å². The fourth-order valence-corrected chi connectivity index (χ4v) is 5.51. The molecule has 2 fully saturated rings. The van der Waals surface area contributed by atoms with Crippen molar-refractivity contribution < 1.29 is 14.0 Å². The first-order valence-corrected chi connectivity index (χ1v) is 11.9. The van der Waals surface area contributed by atoms with Gasteiger partial charge in [0.05, 0.1) is 6.04 Å². The quantitative estimate of drug-likeness (QED) is 0.560. The molecule has 2 heterocycles. The summed E-state index contributed by atoms with van der Waals surface area (Å²) < 4.78 is 13.3. The molecule has 2 atom stereocenters. The second kappa shape index (κ2) is 8.97. The lowest BCUT2D eigenvalue weighted by Crippen LogP contribution is -2.44. The van der Waals surface area contributed by atoms with E-state index in [1.54, 1.807) is 12.1 Å². The molecule has 0 aliphatic carbocycles. The van der Waals surface area contributed by atoms with Crippen LogP contribution >= 0.6 is 0 Å². The van der Waals surface area contributed by atoms with Gasteiger partial charge in [0.2, 0.25) is 11.8 Å². The summed E-state index contributed by atoms with van der Waals surface area (Å²) >= 11 is 0. The van der Waals surface area contributed by atoms with Crippen molar-refractivity contribution in [3.05, 3.63) is 83.7 Å². The van der Waals surface area contributed by atoms with Gasteiger partial charge in [-0.3, -0.25) is 9.59 Å². The molecule has 4 nitrogen and oxygen atoms in total. The second-order valence-electron chi connectivity index (χ2n) is 9.48. The van der Waals surface area contributed by atoms with Crippen molar-refractivity contribution in [2.75, 3.05) is 6.54 Å². The number of amides is 2. The summed E-state index contributed by atoms with van der Waals surface area (Å²) in [4.78, 5) is 27.4. The molecule has 5 rings (SSSR count). The molecule has 3 aromatic carbocycles. The average molecular weight is 445 g/mol. The van der Waals surface area contributed by atoms with Crippen molar-refractivity contribution in [1.29, 1.82) is 0 Å². The van der Waals surface area contributed by atoms with Crippen LogP contribution in [0.1, 0.15) is 55.7 Å². The Labute approximate surface area is 193 Å². The molecule has 0 aromatic heterocycles. The maximum atomic E-state index is 13.3. The lowest BCUT2D eigenvalue weighted by molar-refractivity contribution is -0.132. The molecular weight excluding hydrogens is 415 g/mol. The van der Waals surface area contributed by atoms with E-state index in [2.05, 4.69) is 35.6 Å².